The third-order valence-corrected chi connectivity index (χ3v) is 4.83. The maximum Gasteiger partial charge on any atom is 0.227 e. The number of benzene rings is 1. The Kier molecular flexibility index (Phi) is 3.99. The van der Waals surface area contributed by atoms with Crippen LogP contribution in [0.3, 0.4) is 0 Å². The predicted molar refractivity (Wildman–Crippen MR) is 78.8 cm³/mol. The van der Waals surface area contributed by atoms with Crippen molar-refractivity contribution >= 4 is 17.5 Å². The first kappa shape index (κ1) is 13.9. The van der Waals surface area contributed by atoms with Gasteiger partial charge in [0, 0.05) is 24.2 Å². The lowest BCUT2D eigenvalue weighted by atomic mass is 9.98. The minimum atomic E-state index is 0.245. The highest BCUT2D eigenvalue weighted by atomic mass is 35.5. The average Bonchev–Trinajstić information content (AvgIpc) is 2.72. The molecule has 1 aromatic rings. The molecule has 2 saturated heterocycles. The van der Waals surface area contributed by atoms with Gasteiger partial charge in [0.25, 0.3) is 0 Å². The Hall–Kier alpha value is -1.06. The molecule has 0 N–H and O–H groups in total. The molecule has 1 amide bonds. The predicted octanol–water partition coefficient (Wildman–Crippen LogP) is 3.05. The van der Waals surface area contributed by atoms with E-state index in [1.807, 2.05) is 24.3 Å². The number of fused-ring (bicyclic) bond motifs is 2. The molecule has 0 aliphatic carbocycles. The van der Waals surface area contributed by atoms with Crippen molar-refractivity contribution in [1.29, 1.82) is 0 Å². The van der Waals surface area contributed by atoms with E-state index in [1.54, 1.807) is 7.11 Å². The van der Waals surface area contributed by atoms with E-state index in [2.05, 4.69) is 4.90 Å². The highest BCUT2D eigenvalue weighted by molar-refractivity contribution is 6.30. The molecular weight excluding hydrogens is 274 g/mol. The zero-order chi connectivity index (χ0) is 14.1. The lowest BCUT2D eigenvalue weighted by Crippen LogP contribution is -2.48. The molecule has 2 heterocycles. The smallest absolute Gasteiger partial charge is 0.227 e. The topological polar surface area (TPSA) is 29.5 Å². The van der Waals surface area contributed by atoms with Crippen molar-refractivity contribution in [3.8, 4) is 0 Å². The van der Waals surface area contributed by atoms with Crippen LogP contribution in [0, 0.1) is 0 Å². The third-order valence-electron chi connectivity index (χ3n) is 4.58. The Morgan fingerprint density at radius 1 is 1.25 bits per heavy atom. The van der Waals surface area contributed by atoms with E-state index in [0.29, 0.717) is 29.6 Å². The molecule has 0 saturated carbocycles. The summed E-state index contributed by atoms with van der Waals surface area (Å²) in [6, 6.07) is 8.30. The Morgan fingerprint density at radius 3 is 2.40 bits per heavy atom. The van der Waals surface area contributed by atoms with E-state index in [-0.39, 0.29) is 5.91 Å². The van der Waals surface area contributed by atoms with Gasteiger partial charge in [0.1, 0.15) is 0 Å². The van der Waals surface area contributed by atoms with E-state index in [1.165, 1.54) is 0 Å². The number of methoxy groups -OCH3 is 1. The molecule has 3 rings (SSSR count). The summed E-state index contributed by atoms with van der Waals surface area (Å²) in [6.45, 7) is 0. The second-order valence-corrected chi connectivity index (χ2v) is 6.25. The van der Waals surface area contributed by atoms with Crippen molar-refractivity contribution in [2.45, 2.75) is 50.3 Å². The summed E-state index contributed by atoms with van der Waals surface area (Å²) in [5.74, 6) is 0.245. The van der Waals surface area contributed by atoms with Gasteiger partial charge in [-0.3, -0.25) is 4.79 Å². The summed E-state index contributed by atoms with van der Waals surface area (Å²) < 4.78 is 5.48. The quantitative estimate of drug-likeness (QED) is 0.857. The van der Waals surface area contributed by atoms with Gasteiger partial charge in [0.05, 0.1) is 12.5 Å². The van der Waals surface area contributed by atoms with Gasteiger partial charge in [-0.2, -0.15) is 0 Å². The minimum Gasteiger partial charge on any atom is -0.381 e. The highest BCUT2D eigenvalue weighted by Crippen LogP contribution is 2.37. The molecule has 0 radical (unpaired) electrons. The molecule has 0 spiro atoms. The number of nitrogens with zero attached hydrogens (tertiary/aromatic N) is 1. The summed E-state index contributed by atoms with van der Waals surface area (Å²) in [5, 5.41) is 0.710. The van der Waals surface area contributed by atoms with Crippen molar-refractivity contribution in [3.05, 3.63) is 34.9 Å². The van der Waals surface area contributed by atoms with Crippen LogP contribution in [0.5, 0.6) is 0 Å². The fraction of sp³-hybridized carbons (Fsp3) is 0.562. The molecule has 0 aromatic heterocycles. The van der Waals surface area contributed by atoms with Crippen LogP contribution in [-0.4, -0.2) is 36.1 Å². The zero-order valence-corrected chi connectivity index (χ0v) is 12.5. The first-order chi connectivity index (χ1) is 9.67. The summed E-state index contributed by atoms with van der Waals surface area (Å²) in [6.07, 6.45) is 5.01. The second-order valence-electron chi connectivity index (χ2n) is 5.82. The lowest BCUT2D eigenvalue weighted by molar-refractivity contribution is -0.137. The number of ether oxygens (including phenoxy) is 1. The summed E-state index contributed by atoms with van der Waals surface area (Å²) in [5.41, 5.74) is 1.03. The number of piperidine rings is 1. The van der Waals surface area contributed by atoms with Crippen LogP contribution >= 0.6 is 11.6 Å². The lowest BCUT2D eigenvalue weighted by Gasteiger charge is -2.38. The van der Waals surface area contributed by atoms with Crippen LogP contribution in [0.2, 0.25) is 5.02 Å². The van der Waals surface area contributed by atoms with E-state index in [4.69, 9.17) is 16.3 Å². The Balaban J connectivity index is 1.67. The number of rotatable bonds is 3. The van der Waals surface area contributed by atoms with Gasteiger partial charge in [-0.05, 0) is 43.4 Å². The molecule has 2 aliphatic heterocycles. The summed E-state index contributed by atoms with van der Waals surface area (Å²) in [4.78, 5) is 14.7. The number of carbonyl (C=O) groups excluding carboxylic acids is 1. The Labute approximate surface area is 124 Å². The van der Waals surface area contributed by atoms with E-state index in [9.17, 15) is 4.79 Å². The van der Waals surface area contributed by atoms with Crippen LogP contribution < -0.4 is 0 Å². The highest BCUT2D eigenvalue weighted by Gasteiger charge is 2.42. The van der Waals surface area contributed by atoms with Crippen molar-refractivity contribution in [2.75, 3.05) is 7.11 Å². The SMILES string of the molecule is COC1C[C@H]2CC[C@@H](C1)N2C(=O)Cc1ccc(Cl)cc1. The average molecular weight is 294 g/mol. The van der Waals surface area contributed by atoms with Gasteiger partial charge in [-0.25, -0.2) is 0 Å². The van der Waals surface area contributed by atoms with Crippen LogP contribution in [-0.2, 0) is 16.0 Å². The normalized spacial score (nSPS) is 28.7. The fourth-order valence-electron chi connectivity index (χ4n) is 3.59. The van der Waals surface area contributed by atoms with Crippen LogP contribution in [0.15, 0.2) is 24.3 Å². The Bertz CT molecular complexity index is 474. The van der Waals surface area contributed by atoms with Crippen LogP contribution in [0.25, 0.3) is 0 Å². The van der Waals surface area contributed by atoms with Crippen molar-refractivity contribution in [2.24, 2.45) is 0 Å². The first-order valence-corrected chi connectivity index (χ1v) is 7.63. The number of amides is 1. The maximum atomic E-state index is 12.6. The number of carbonyl (C=O) groups is 1. The standard InChI is InChI=1S/C16H20ClNO2/c1-20-15-9-13-6-7-14(10-15)18(13)16(19)8-11-2-4-12(17)5-3-11/h2-5,13-15H,6-10H2,1H3/t13-,14+,15?. The number of hydrogen-bond acceptors (Lipinski definition) is 2. The number of hydrogen-bond donors (Lipinski definition) is 0. The first-order valence-electron chi connectivity index (χ1n) is 7.26. The minimum absolute atomic E-state index is 0.245. The van der Waals surface area contributed by atoms with Crippen molar-refractivity contribution in [3.63, 3.8) is 0 Å². The summed E-state index contributed by atoms with van der Waals surface area (Å²) >= 11 is 5.88. The van der Waals surface area contributed by atoms with Crippen molar-refractivity contribution in [1.82, 2.24) is 4.90 Å². The van der Waals surface area contributed by atoms with Gasteiger partial charge in [-0.15, -0.1) is 0 Å². The largest absolute Gasteiger partial charge is 0.381 e. The molecule has 2 aliphatic rings. The van der Waals surface area contributed by atoms with E-state index in [0.717, 1.165) is 31.2 Å². The third kappa shape index (κ3) is 2.70. The van der Waals surface area contributed by atoms with E-state index < -0.39 is 0 Å². The molecule has 1 aromatic carbocycles. The maximum absolute atomic E-state index is 12.6. The van der Waals surface area contributed by atoms with Crippen LogP contribution in [0.1, 0.15) is 31.2 Å². The van der Waals surface area contributed by atoms with E-state index >= 15 is 0 Å². The molecule has 1 unspecified atom stereocenters. The fourth-order valence-corrected chi connectivity index (χ4v) is 3.72. The molecule has 2 fully saturated rings. The summed E-state index contributed by atoms with van der Waals surface area (Å²) in [7, 11) is 1.77. The molecule has 3 atom stereocenters. The molecule has 3 nitrogen and oxygen atoms in total. The molecule has 2 bridgehead atoms. The Morgan fingerprint density at radius 2 is 1.85 bits per heavy atom. The molecular formula is C16H20ClNO2. The van der Waals surface area contributed by atoms with Gasteiger partial charge in [0.2, 0.25) is 5.91 Å². The van der Waals surface area contributed by atoms with Gasteiger partial charge in [0.15, 0.2) is 0 Å². The van der Waals surface area contributed by atoms with Crippen LogP contribution in [0.4, 0.5) is 0 Å². The molecule has 108 valence electrons. The van der Waals surface area contributed by atoms with Crippen molar-refractivity contribution < 1.29 is 9.53 Å². The second kappa shape index (κ2) is 5.74. The van der Waals surface area contributed by atoms with Gasteiger partial charge < -0.3 is 9.64 Å². The van der Waals surface area contributed by atoms with Gasteiger partial charge >= 0.3 is 0 Å². The molecule has 20 heavy (non-hydrogen) atoms. The number of halogens is 1. The van der Waals surface area contributed by atoms with Gasteiger partial charge in [-0.1, -0.05) is 23.7 Å². The molecule has 4 heteroatoms. The monoisotopic (exact) mass is 293 g/mol. The zero-order valence-electron chi connectivity index (χ0n) is 11.7.